The van der Waals surface area contributed by atoms with Crippen LogP contribution in [0.4, 0.5) is 5.82 Å². The van der Waals surface area contributed by atoms with Crippen LogP contribution >= 0.6 is 23.2 Å². The van der Waals surface area contributed by atoms with E-state index in [0.717, 1.165) is 30.6 Å². The third-order valence-electron chi connectivity index (χ3n) is 8.60. The second-order valence-electron chi connectivity index (χ2n) is 13.1. The quantitative estimate of drug-likeness (QED) is 0.202. The highest BCUT2D eigenvalue weighted by Crippen LogP contribution is 2.38. The molecule has 0 amide bonds. The molecule has 218 valence electrons. The highest BCUT2D eigenvalue weighted by molar-refractivity contribution is 6.74. The number of fused-ring (bicyclic) bond motifs is 1. The molecule has 10 heteroatoms. The number of nitrogens with zero attached hydrogens (tertiary/aromatic N) is 5. The molecule has 4 rings (SSSR count). The van der Waals surface area contributed by atoms with Gasteiger partial charge in [-0.2, -0.15) is 4.98 Å². The Balaban J connectivity index is 1.92. The van der Waals surface area contributed by atoms with Gasteiger partial charge in [-0.3, -0.25) is 4.98 Å². The lowest BCUT2D eigenvalue weighted by Crippen LogP contribution is -2.43. The van der Waals surface area contributed by atoms with Gasteiger partial charge in [0.2, 0.25) is 0 Å². The van der Waals surface area contributed by atoms with Crippen LogP contribution in [0.5, 0.6) is 0 Å². The molecule has 0 N–H and O–H groups in total. The maximum atomic E-state index is 14.0. The SMILES string of the molecule is CC(C)c1nccc(CCO[Si](C)(C)C(C)(C)C)c1-n1c(=O)nc(N2C[C@@H](C)CC[C@@H]2C)c2cc(Cl)c(Cl)nc21. The van der Waals surface area contributed by atoms with Gasteiger partial charge in [0.25, 0.3) is 0 Å². The minimum absolute atomic E-state index is 0.0589. The Bertz CT molecular complexity index is 1450. The zero-order valence-corrected chi connectivity index (χ0v) is 27.8. The van der Waals surface area contributed by atoms with Crippen molar-refractivity contribution in [1.29, 1.82) is 0 Å². The lowest BCUT2D eigenvalue weighted by atomic mass is 9.95. The van der Waals surface area contributed by atoms with Crippen molar-refractivity contribution in [2.24, 2.45) is 5.92 Å². The highest BCUT2D eigenvalue weighted by atomic mass is 35.5. The minimum Gasteiger partial charge on any atom is -0.416 e. The number of hydrogen-bond acceptors (Lipinski definition) is 6. The molecule has 0 radical (unpaired) electrons. The maximum absolute atomic E-state index is 14.0. The fourth-order valence-corrected chi connectivity index (χ4v) is 6.45. The first-order valence-electron chi connectivity index (χ1n) is 14.3. The lowest BCUT2D eigenvalue weighted by Gasteiger charge is -2.38. The summed E-state index contributed by atoms with van der Waals surface area (Å²) in [5.74, 6) is 1.16. The van der Waals surface area contributed by atoms with E-state index >= 15 is 0 Å². The zero-order valence-electron chi connectivity index (χ0n) is 25.3. The average Bonchev–Trinajstić information content (AvgIpc) is 2.85. The van der Waals surface area contributed by atoms with Crippen LogP contribution in [0.1, 0.15) is 78.5 Å². The van der Waals surface area contributed by atoms with Crippen LogP contribution in [0.2, 0.25) is 28.3 Å². The van der Waals surface area contributed by atoms with Crippen LogP contribution in [0.3, 0.4) is 0 Å². The van der Waals surface area contributed by atoms with Gasteiger partial charge in [-0.15, -0.1) is 0 Å². The molecule has 0 spiro atoms. The third kappa shape index (κ3) is 6.10. The third-order valence-corrected chi connectivity index (χ3v) is 13.8. The van der Waals surface area contributed by atoms with Crippen molar-refractivity contribution in [3.63, 3.8) is 0 Å². The predicted molar refractivity (Wildman–Crippen MR) is 169 cm³/mol. The summed E-state index contributed by atoms with van der Waals surface area (Å²) in [5, 5.41) is 1.29. The molecule has 4 heterocycles. The normalized spacial score (nSPS) is 18.6. The first-order valence-corrected chi connectivity index (χ1v) is 18.0. The molecular weight excluding hydrogens is 561 g/mol. The van der Waals surface area contributed by atoms with Crippen LogP contribution in [0.15, 0.2) is 23.1 Å². The molecule has 40 heavy (non-hydrogen) atoms. The van der Waals surface area contributed by atoms with Gasteiger partial charge in [-0.1, -0.05) is 64.7 Å². The van der Waals surface area contributed by atoms with Gasteiger partial charge < -0.3 is 9.33 Å². The van der Waals surface area contributed by atoms with Gasteiger partial charge in [0, 0.05) is 25.4 Å². The van der Waals surface area contributed by atoms with Gasteiger partial charge >= 0.3 is 5.69 Å². The zero-order chi connectivity index (χ0) is 29.6. The van der Waals surface area contributed by atoms with E-state index in [1.807, 2.05) is 12.3 Å². The molecule has 0 aromatic carbocycles. The monoisotopic (exact) mass is 603 g/mol. The van der Waals surface area contributed by atoms with Crippen molar-refractivity contribution < 1.29 is 4.43 Å². The smallest absolute Gasteiger partial charge is 0.355 e. The molecule has 3 aromatic rings. The molecule has 0 unspecified atom stereocenters. The van der Waals surface area contributed by atoms with Crippen molar-refractivity contribution in [1.82, 2.24) is 19.5 Å². The Labute approximate surface area is 249 Å². The number of rotatable bonds is 7. The fourth-order valence-electron chi connectivity index (χ4n) is 5.12. The van der Waals surface area contributed by atoms with Gasteiger partial charge in [0.15, 0.2) is 14.0 Å². The molecule has 0 bridgehead atoms. The summed E-state index contributed by atoms with van der Waals surface area (Å²) in [6.45, 7) is 21.1. The van der Waals surface area contributed by atoms with E-state index < -0.39 is 14.0 Å². The second kappa shape index (κ2) is 11.7. The van der Waals surface area contributed by atoms with Crippen LogP contribution in [-0.4, -0.2) is 47.0 Å². The number of aromatic nitrogens is 4. The first-order chi connectivity index (χ1) is 18.6. The van der Waals surface area contributed by atoms with Crippen molar-refractivity contribution in [3.05, 3.63) is 50.2 Å². The molecule has 2 atom stereocenters. The summed E-state index contributed by atoms with van der Waals surface area (Å²) in [4.78, 5) is 30.3. The summed E-state index contributed by atoms with van der Waals surface area (Å²) >= 11 is 13.0. The summed E-state index contributed by atoms with van der Waals surface area (Å²) in [7, 11) is -1.94. The largest absolute Gasteiger partial charge is 0.416 e. The molecule has 1 aliphatic heterocycles. The van der Waals surface area contributed by atoms with Crippen LogP contribution < -0.4 is 10.6 Å². The van der Waals surface area contributed by atoms with E-state index in [0.29, 0.717) is 46.5 Å². The summed E-state index contributed by atoms with van der Waals surface area (Å²) in [6.07, 6.45) is 4.61. The van der Waals surface area contributed by atoms with Gasteiger partial charge in [0.05, 0.1) is 21.8 Å². The van der Waals surface area contributed by atoms with Crippen molar-refractivity contribution in [2.75, 3.05) is 18.1 Å². The molecular formula is C30H43Cl2N5O2Si. The Morgan fingerprint density at radius 3 is 2.50 bits per heavy atom. The van der Waals surface area contributed by atoms with Crippen molar-refractivity contribution in [3.8, 4) is 5.69 Å². The maximum Gasteiger partial charge on any atom is 0.355 e. The molecule has 1 saturated heterocycles. The number of anilines is 1. The molecule has 7 nitrogen and oxygen atoms in total. The predicted octanol–water partition coefficient (Wildman–Crippen LogP) is 7.80. The summed E-state index contributed by atoms with van der Waals surface area (Å²) in [5.41, 5.74) is 2.51. The van der Waals surface area contributed by atoms with E-state index in [1.165, 1.54) is 0 Å². The second-order valence-corrected chi connectivity index (χ2v) is 18.7. The number of piperidine rings is 1. The van der Waals surface area contributed by atoms with E-state index in [4.69, 9.17) is 32.6 Å². The topological polar surface area (TPSA) is 73.1 Å². The summed E-state index contributed by atoms with van der Waals surface area (Å²) in [6, 6.07) is 4.00. The molecule has 0 saturated carbocycles. The fraction of sp³-hybridized carbons (Fsp3) is 0.600. The Morgan fingerprint density at radius 1 is 1.15 bits per heavy atom. The number of hydrogen-bond donors (Lipinski definition) is 0. The molecule has 1 fully saturated rings. The molecule has 1 aliphatic rings. The van der Waals surface area contributed by atoms with Crippen molar-refractivity contribution in [2.45, 2.75) is 97.8 Å². The Morgan fingerprint density at radius 2 is 1.85 bits per heavy atom. The highest BCUT2D eigenvalue weighted by Gasteiger charge is 2.37. The standard InChI is InChI=1S/C30H43Cl2N5O2Si/c1-18(2)24-25(21(12-14-33-24)13-15-39-40(8,9)30(5,6)7)37-28-22(16-23(31)26(32)34-28)27(35-29(37)38)36-17-19(3)10-11-20(36)4/h12,14,16,18-20H,10-11,13,15,17H2,1-9H3/t19-,20-/m0/s1. The molecule has 0 aliphatic carbocycles. The average molecular weight is 605 g/mol. The van der Waals surface area contributed by atoms with E-state index in [2.05, 4.69) is 76.4 Å². The minimum atomic E-state index is -1.94. The molecule has 3 aromatic heterocycles. The van der Waals surface area contributed by atoms with E-state index in [1.54, 1.807) is 10.6 Å². The number of pyridine rings is 2. The number of halogens is 2. The Hall–Kier alpha value is -2.00. The van der Waals surface area contributed by atoms with Crippen molar-refractivity contribution >= 4 is 48.4 Å². The van der Waals surface area contributed by atoms with Crippen LogP contribution in [0, 0.1) is 5.92 Å². The van der Waals surface area contributed by atoms with Gasteiger partial charge in [-0.05, 0) is 73.9 Å². The van der Waals surface area contributed by atoms with E-state index in [9.17, 15) is 4.79 Å². The van der Waals surface area contributed by atoms with Crippen LogP contribution in [0.25, 0.3) is 16.7 Å². The Kier molecular flexibility index (Phi) is 9.06. The van der Waals surface area contributed by atoms with Gasteiger partial charge in [-0.25, -0.2) is 14.3 Å². The van der Waals surface area contributed by atoms with E-state index in [-0.39, 0.29) is 22.2 Å². The summed E-state index contributed by atoms with van der Waals surface area (Å²) < 4.78 is 8.10. The first kappa shape index (κ1) is 30.9. The lowest BCUT2D eigenvalue weighted by molar-refractivity contribution is 0.292. The van der Waals surface area contributed by atoms with Gasteiger partial charge in [0.1, 0.15) is 11.0 Å². The van der Waals surface area contributed by atoms with Crippen LogP contribution in [-0.2, 0) is 10.8 Å².